The SMILES string of the molecule is CNC(c1nc(C)cs1)c1ccc(F)cc1F. The maximum atomic E-state index is 13.7. The molecule has 1 unspecified atom stereocenters. The van der Waals surface area contributed by atoms with Crippen LogP contribution < -0.4 is 5.32 Å². The smallest absolute Gasteiger partial charge is 0.131 e. The summed E-state index contributed by atoms with van der Waals surface area (Å²) in [7, 11) is 1.73. The Morgan fingerprint density at radius 1 is 1.35 bits per heavy atom. The van der Waals surface area contributed by atoms with Crippen molar-refractivity contribution in [3.8, 4) is 0 Å². The van der Waals surface area contributed by atoms with Crippen molar-refractivity contribution in [1.29, 1.82) is 0 Å². The third-order valence-electron chi connectivity index (χ3n) is 2.45. The number of halogens is 2. The summed E-state index contributed by atoms with van der Waals surface area (Å²) in [6.45, 7) is 1.88. The molecule has 0 aliphatic carbocycles. The maximum Gasteiger partial charge on any atom is 0.131 e. The number of hydrogen-bond acceptors (Lipinski definition) is 3. The minimum atomic E-state index is -0.573. The molecule has 90 valence electrons. The molecule has 5 heteroatoms. The predicted molar refractivity (Wildman–Crippen MR) is 64.1 cm³/mol. The molecular weight excluding hydrogens is 242 g/mol. The lowest BCUT2D eigenvalue weighted by Crippen LogP contribution is -2.19. The zero-order chi connectivity index (χ0) is 12.4. The van der Waals surface area contributed by atoms with Gasteiger partial charge < -0.3 is 5.32 Å². The minimum Gasteiger partial charge on any atom is -0.307 e. The fourth-order valence-corrected chi connectivity index (χ4v) is 2.57. The molecule has 0 saturated carbocycles. The third kappa shape index (κ3) is 2.50. The molecule has 0 amide bonds. The summed E-state index contributed by atoms with van der Waals surface area (Å²) >= 11 is 1.46. The van der Waals surface area contributed by atoms with E-state index in [0.717, 1.165) is 16.8 Å². The second-order valence-electron chi connectivity index (χ2n) is 3.71. The van der Waals surface area contributed by atoms with Crippen LogP contribution in [0.25, 0.3) is 0 Å². The molecule has 0 aliphatic rings. The first-order valence-electron chi connectivity index (χ1n) is 5.16. The molecule has 1 aromatic heterocycles. The second-order valence-corrected chi connectivity index (χ2v) is 4.60. The Kier molecular flexibility index (Phi) is 3.49. The van der Waals surface area contributed by atoms with Gasteiger partial charge in [-0.25, -0.2) is 13.8 Å². The van der Waals surface area contributed by atoms with Crippen LogP contribution in [0.15, 0.2) is 23.6 Å². The van der Waals surface area contributed by atoms with Gasteiger partial charge in [0.25, 0.3) is 0 Å². The van der Waals surface area contributed by atoms with Gasteiger partial charge in [0.1, 0.15) is 16.6 Å². The zero-order valence-corrected chi connectivity index (χ0v) is 10.3. The van der Waals surface area contributed by atoms with Gasteiger partial charge in [-0.2, -0.15) is 0 Å². The second kappa shape index (κ2) is 4.89. The van der Waals surface area contributed by atoms with Crippen LogP contribution in [0.2, 0.25) is 0 Å². The van der Waals surface area contributed by atoms with E-state index < -0.39 is 11.6 Å². The minimum absolute atomic E-state index is 0.339. The van der Waals surface area contributed by atoms with Crippen LogP contribution in [0.3, 0.4) is 0 Å². The molecule has 0 radical (unpaired) electrons. The van der Waals surface area contributed by atoms with E-state index >= 15 is 0 Å². The lowest BCUT2D eigenvalue weighted by atomic mass is 10.1. The molecule has 1 heterocycles. The van der Waals surface area contributed by atoms with Gasteiger partial charge in [0.2, 0.25) is 0 Å². The summed E-state index contributed by atoms with van der Waals surface area (Å²) in [6, 6.07) is 3.25. The third-order valence-corrected chi connectivity index (χ3v) is 3.47. The number of thiazole rings is 1. The normalized spacial score (nSPS) is 12.7. The number of nitrogens with zero attached hydrogens (tertiary/aromatic N) is 1. The van der Waals surface area contributed by atoms with Gasteiger partial charge in [-0.15, -0.1) is 11.3 Å². The number of benzene rings is 1. The van der Waals surface area contributed by atoms with E-state index in [1.165, 1.54) is 23.5 Å². The molecular formula is C12H12F2N2S. The highest BCUT2D eigenvalue weighted by Crippen LogP contribution is 2.26. The molecule has 0 bridgehead atoms. The van der Waals surface area contributed by atoms with E-state index in [2.05, 4.69) is 10.3 Å². The van der Waals surface area contributed by atoms with Crippen LogP contribution in [0.1, 0.15) is 22.3 Å². The Bertz CT molecular complexity index is 525. The van der Waals surface area contributed by atoms with Crippen LogP contribution in [0, 0.1) is 18.6 Å². The molecule has 1 atom stereocenters. The fraction of sp³-hybridized carbons (Fsp3) is 0.250. The lowest BCUT2D eigenvalue weighted by Gasteiger charge is -2.14. The van der Waals surface area contributed by atoms with E-state index in [1.54, 1.807) is 7.05 Å². The Morgan fingerprint density at radius 2 is 2.12 bits per heavy atom. The van der Waals surface area contributed by atoms with Crippen LogP contribution in [0.5, 0.6) is 0 Å². The monoisotopic (exact) mass is 254 g/mol. The fourth-order valence-electron chi connectivity index (χ4n) is 1.65. The van der Waals surface area contributed by atoms with Crippen LogP contribution >= 0.6 is 11.3 Å². The Balaban J connectivity index is 2.42. The maximum absolute atomic E-state index is 13.7. The summed E-state index contributed by atoms with van der Waals surface area (Å²) < 4.78 is 26.5. The first-order chi connectivity index (χ1) is 8.11. The molecule has 1 aromatic carbocycles. The quantitative estimate of drug-likeness (QED) is 0.910. The molecule has 0 saturated heterocycles. The first kappa shape index (κ1) is 12.1. The van der Waals surface area contributed by atoms with Gasteiger partial charge in [0.15, 0.2) is 0 Å². The van der Waals surface area contributed by atoms with E-state index in [0.29, 0.717) is 5.56 Å². The van der Waals surface area contributed by atoms with Crippen molar-refractivity contribution >= 4 is 11.3 Å². The number of rotatable bonds is 3. The number of aromatic nitrogens is 1. The number of hydrogen-bond donors (Lipinski definition) is 1. The zero-order valence-electron chi connectivity index (χ0n) is 9.50. The van der Waals surface area contributed by atoms with Gasteiger partial charge in [-0.3, -0.25) is 0 Å². The van der Waals surface area contributed by atoms with Crippen molar-refractivity contribution in [2.45, 2.75) is 13.0 Å². The van der Waals surface area contributed by atoms with Gasteiger partial charge in [-0.05, 0) is 20.0 Å². The van der Waals surface area contributed by atoms with Gasteiger partial charge in [-0.1, -0.05) is 6.07 Å². The van der Waals surface area contributed by atoms with Crippen molar-refractivity contribution in [3.63, 3.8) is 0 Å². The Hall–Kier alpha value is -1.33. The summed E-state index contributed by atoms with van der Waals surface area (Å²) in [5, 5.41) is 5.67. The Labute approximate surface area is 102 Å². The van der Waals surface area contributed by atoms with Crippen molar-refractivity contribution in [1.82, 2.24) is 10.3 Å². The van der Waals surface area contributed by atoms with Gasteiger partial charge in [0, 0.05) is 22.7 Å². The summed E-state index contributed by atoms with van der Waals surface area (Å²) in [5.41, 5.74) is 1.30. The summed E-state index contributed by atoms with van der Waals surface area (Å²) in [5.74, 6) is -1.13. The Morgan fingerprint density at radius 3 is 2.65 bits per heavy atom. The first-order valence-corrected chi connectivity index (χ1v) is 6.04. The highest BCUT2D eigenvalue weighted by atomic mass is 32.1. The van der Waals surface area contributed by atoms with Crippen LogP contribution in [-0.2, 0) is 0 Å². The standard InChI is InChI=1S/C12H12F2N2S/c1-7-6-17-12(16-7)11(15-2)9-4-3-8(13)5-10(9)14/h3-6,11,15H,1-2H3. The average molecular weight is 254 g/mol. The van der Waals surface area contributed by atoms with Crippen LogP contribution in [-0.4, -0.2) is 12.0 Å². The van der Waals surface area contributed by atoms with Crippen molar-refractivity contribution in [2.75, 3.05) is 7.05 Å². The number of nitrogens with one attached hydrogen (secondary N) is 1. The molecule has 2 rings (SSSR count). The van der Waals surface area contributed by atoms with Gasteiger partial charge >= 0.3 is 0 Å². The molecule has 2 aromatic rings. The molecule has 0 fully saturated rings. The molecule has 1 N–H and O–H groups in total. The molecule has 2 nitrogen and oxygen atoms in total. The van der Waals surface area contributed by atoms with E-state index in [-0.39, 0.29) is 6.04 Å². The highest BCUT2D eigenvalue weighted by Gasteiger charge is 2.19. The van der Waals surface area contributed by atoms with Crippen LogP contribution in [0.4, 0.5) is 8.78 Å². The summed E-state index contributed by atoms with van der Waals surface area (Å²) in [6.07, 6.45) is 0. The largest absolute Gasteiger partial charge is 0.307 e. The molecule has 0 spiro atoms. The highest BCUT2D eigenvalue weighted by molar-refractivity contribution is 7.09. The van der Waals surface area contributed by atoms with Gasteiger partial charge in [0.05, 0.1) is 6.04 Å². The van der Waals surface area contributed by atoms with E-state index in [1.807, 2.05) is 12.3 Å². The lowest BCUT2D eigenvalue weighted by molar-refractivity contribution is 0.551. The van der Waals surface area contributed by atoms with Crippen molar-refractivity contribution in [3.05, 3.63) is 51.5 Å². The average Bonchev–Trinajstić information content (AvgIpc) is 2.69. The predicted octanol–water partition coefficient (Wildman–Crippen LogP) is 3.04. The number of aryl methyl sites for hydroxylation is 1. The van der Waals surface area contributed by atoms with E-state index in [9.17, 15) is 8.78 Å². The molecule has 0 aliphatic heterocycles. The van der Waals surface area contributed by atoms with Crippen molar-refractivity contribution < 1.29 is 8.78 Å². The van der Waals surface area contributed by atoms with E-state index in [4.69, 9.17) is 0 Å². The van der Waals surface area contributed by atoms with Crippen molar-refractivity contribution in [2.24, 2.45) is 0 Å². The topological polar surface area (TPSA) is 24.9 Å². The summed E-state index contributed by atoms with van der Waals surface area (Å²) in [4.78, 5) is 4.32. The molecule has 17 heavy (non-hydrogen) atoms.